The maximum absolute atomic E-state index is 6.19. The van der Waals surface area contributed by atoms with Gasteiger partial charge in [-0.3, -0.25) is 10.1 Å². The summed E-state index contributed by atoms with van der Waals surface area (Å²) in [6.07, 6.45) is 2.11. The molecule has 2 heterocycles. The van der Waals surface area contributed by atoms with Crippen LogP contribution in [0.1, 0.15) is 26.7 Å². The highest BCUT2D eigenvalue weighted by molar-refractivity contribution is 6.31. The second kappa shape index (κ2) is 8.32. The number of aromatic amines is 1. The van der Waals surface area contributed by atoms with Crippen molar-refractivity contribution < 1.29 is 4.74 Å². The van der Waals surface area contributed by atoms with Crippen LogP contribution in [-0.4, -0.2) is 54.4 Å². The van der Waals surface area contributed by atoms with Gasteiger partial charge in [-0.2, -0.15) is 5.10 Å². The highest BCUT2D eigenvalue weighted by Gasteiger charge is 2.29. The van der Waals surface area contributed by atoms with Gasteiger partial charge in [0.1, 0.15) is 23.0 Å². The molecular formula is C20H27ClN6O. The molecule has 0 spiro atoms. The molecule has 1 aliphatic heterocycles. The summed E-state index contributed by atoms with van der Waals surface area (Å²) >= 11 is 6.19. The standard InChI is InChI=1S/C20H27ClN6O/c1-13(27-7-5-20(2,12-22)6-8-27)24-19-18(23-3)17(25-26-19)14-9-15(21)11-16(10-14)28-4/h9-11H,3,5-8,12,22H2,1-2,4H3,(H,25,26)/b24-13+. The van der Waals surface area contributed by atoms with E-state index in [2.05, 4.69) is 33.7 Å². The molecule has 1 aromatic heterocycles. The van der Waals surface area contributed by atoms with Crippen LogP contribution in [-0.2, 0) is 0 Å². The predicted molar refractivity (Wildman–Crippen MR) is 116 cm³/mol. The monoisotopic (exact) mass is 402 g/mol. The molecule has 3 rings (SSSR count). The molecule has 0 saturated carbocycles. The van der Waals surface area contributed by atoms with Gasteiger partial charge in [-0.25, -0.2) is 4.99 Å². The molecule has 0 amide bonds. The lowest BCUT2D eigenvalue weighted by atomic mass is 9.80. The molecule has 28 heavy (non-hydrogen) atoms. The van der Waals surface area contributed by atoms with Gasteiger partial charge < -0.3 is 15.4 Å². The van der Waals surface area contributed by atoms with Gasteiger partial charge in [-0.05, 0) is 56.6 Å². The van der Waals surface area contributed by atoms with E-state index in [1.54, 1.807) is 13.2 Å². The number of hydrogen-bond acceptors (Lipinski definition) is 5. The van der Waals surface area contributed by atoms with Crippen molar-refractivity contribution in [1.29, 1.82) is 0 Å². The average Bonchev–Trinajstić information content (AvgIpc) is 3.10. The van der Waals surface area contributed by atoms with Crippen LogP contribution >= 0.6 is 11.6 Å². The number of amidine groups is 1. The highest BCUT2D eigenvalue weighted by Crippen LogP contribution is 2.38. The van der Waals surface area contributed by atoms with Gasteiger partial charge in [0.25, 0.3) is 0 Å². The van der Waals surface area contributed by atoms with Gasteiger partial charge in [0.05, 0.1) is 7.11 Å². The number of aromatic nitrogens is 2. The molecule has 1 saturated heterocycles. The number of hydrogen-bond donors (Lipinski definition) is 2. The van der Waals surface area contributed by atoms with Crippen LogP contribution in [0.15, 0.2) is 28.2 Å². The second-order valence-corrected chi connectivity index (χ2v) is 7.90. The SMILES string of the molecule is C=Nc1c(-c2cc(Cl)cc(OC)c2)n[nH]c1/N=C(\C)N1CCC(C)(CN)CC1. The van der Waals surface area contributed by atoms with Crippen molar-refractivity contribution in [3.8, 4) is 17.0 Å². The molecule has 2 aromatic rings. The van der Waals surface area contributed by atoms with Crippen LogP contribution in [0.3, 0.4) is 0 Å². The van der Waals surface area contributed by atoms with Gasteiger partial charge in [0.2, 0.25) is 0 Å². The lowest BCUT2D eigenvalue weighted by molar-refractivity contribution is 0.175. The maximum Gasteiger partial charge on any atom is 0.176 e. The first kappa shape index (κ1) is 20.4. The lowest BCUT2D eigenvalue weighted by Crippen LogP contribution is -2.44. The Morgan fingerprint density at radius 1 is 1.39 bits per heavy atom. The fraction of sp³-hybridized carbons (Fsp3) is 0.450. The summed E-state index contributed by atoms with van der Waals surface area (Å²) in [4.78, 5) is 11.2. The van der Waals surface area contributed by atoms with Crippen LogP contribution in [0.2, 0.25) is 5.02 Å². The van der Waals surface area contributed by atoms with E-state index in [9.17, 15) is 0 Å². The zero-order valence-electron chi connectivity index (χ0n) is 16.6. The quantitative estimate of drug-likeness (QED) is 0.579. The molecular weight excluding hydrogens is 376 g/mol. The molecule has 3 N–H and O–H groups in total. The molecule has 8 heteroatoms. The van der Waals surface area contributed by atoms with Crippen molar-refractivity contribution in [2.45, 2.75) is 26.7 Å². The Morgan fingerprint density at radius 3 is 2.71 bits per heavy atom. The number of nitrogens with zero attached hydrogens (tertiary/aromatic N) is 4. The summed E-state index contributed by atoms with van der Waals surface area (Å²) < 4.78 is 5.30. The normalized spacial score (nSPS) is 16.9. The summed E-state index contributed by atoms with van der Waals surface area (Å²) in [7, 11) is 1.60. The maximum atomic E-state index is 6.19. The molecule has 0 bridgehead atoms. The molecule has 150 valence electrons. The molecule has 0 aliphatic carbocycles. The van der Waals surface area contributed by atoms with Gasteiger partial charge in [0.15, 0.2) is 5.82 Å². The first-order valence-corrected chi connectivity index (χ1v) is 9.67. The number of aliphatic imine (C=N–C) groups is 2. The Bertz CT molecular complexity index is 883. The minimum absolute atomic E-state index is 0.220. The van der Waals surface area contributed by atoms with Crippen LogP contribution in [0, 0.1) is 5.41 Å². The summed E-state index contributed by atoms with van der Waals surface area (Å²) in [5.41, 5.74) is 8.15. The molecule has 0 radical (unpaired) electrons. The summed E-state index contributed by atoms with van der Waals surface area (Å²) in [6, 6.07) is 5.41. The van der Waals surface area contributed by atoms with Crippen molar-refractivity contribution in [3.63, 3.8) is 0 Å². The molecule has 1 fully saturated rings. The number of methoxy groups -OCH3 is 1. The third kappa shape index (κ3) is 4.20. The number of nitrogens with one attached hydrogen (secondary N) is 1. The molecule has 0 atom stereocenters. The third-order valence-corrected chi connectivity index (χ3v) is 5.67. The van der Waals surface area contributed by atoms with E-state index in [0.717, 1.165) is 37.3 Å². The van der Waals surface area contributed by atoms with Crippen LogP contribution < -0.4 is 10.5 Å². The molecule has 1 aliphatic rings. The van der Waals surface area contributed by atoms with E-state index in [1.165, 1.54) is 0 Å². The highest BCUT2D eigenvalue weighted by atomic mass is 35.5. The summed E-state index contributed by atoms with van der Waals surface area (Å²) in [5.74, 6) is 2.15. The zero-order chi connectivity index (χ0) is 20.3. The Balaban J connectivity index is 1.87. The fourth-order valence-electron chi connectivity index (χ4n) is 3.38. The number of ether oxygens (including phenoxy) is 1. The van der Waals surface area contributed by atoms with E-state index in [0.29, 0.717) is 34.5 Å². The van der Waals surface area contributed by atoms with E-state index in [4.69, 9.17) is 27.1 Å². The zero-order valence-corrected chi connectivity index (χ0v) is 17.4. The number of rotatable bonds is 5. The number of benzene rings is 1. The number of likely N-dealkylation sites (tertiary alicyclic amines) is 1. The summed E-state index contributed by atoms with van der Waals surface area (Å²) in [6.45, 7) is 10.5. The Labute approximate surface area is 170 Å². The Kier molecular flexibility index (Phi) is 6.05. The van der Waals surface area contributed by atoms with E-state index in [-0.39, 0.29) is 5.41 Å². The number of halogens is 1. The van der Waals surface area contributed by atoms with Crippen LogP contribution in [0.25, 0.3) is 11.3 Å². The minimum atomic E-state index is 0.220. The van der Waals surface area contributed by atoms with Crippen LogP contribution in [0.4, 0.5) is 11.5 Å². The first-order valence-electron chi connectivity index (χ1n) is 9.29. The second-order valence-electron chi connectivity index (χ2n) is 7.47. The molecule has 0 unspecified atom stereocenters. The minimum Gasteiger partial charge on any atom is -0.497 e. The lowest BCUT2D eigenvalue weighted by Gasteiger charge is -2.39. The number of piperidine rings is 1. The van der Waals surface area contributed by atoms with Crippen molar-refractivity contribution >= 4 is 35.7 Å². The van der Waals surface area contributed by atoms with Crippen LogP contribution in [0.5, 0.6) is 5.75 Å². The predicted octanol–water partition coefficient (Wildman–Crippen LogP) is 4.18. The fourth-order valence-corrected chi connectivity index (χ4v) is 3.61. The third-order valence-electron chi connectivity index (χ3n) is 5.46. The van der Waals surface area contributed by atoms with E-state index < -0.39 is 0 Å². The van der Waals surface area contributed by atoms with Crippen molar-refractivity contribution in [3.05, 3.63) is 23.2 Å². The molecule has 1 aromatic carbocycles. The number of H-pyrrole nitrogens is 1. The summed E-state index contributed by atoms with van der Waals surface area (Å²) in [5, 5.41) is 7.93. The Hall–Kier alpha value is -2.38. The van der Waals surface area contributed by atoms with Crippen molar-refractivity contribution in [2.24, 2.45) is 21.1 Å². The first-order chi connectivity index (χ1) is 13.4. The van der Waals surface area contributed by atoms with Gasteiger partial charge in [0, 0.05) is 23.7 Å². The topological polar surface area (TPSA) is 91.9 Å². The largest absolute Gasteiger partial charge is 0.497 e. The average molecular weight is 403 g/mol. The smallest absolute Gasteiger partial charge is 0.176 e. The number of nitrogens with two attached hydrogens (primary N) is 1. The van der Waals surface area contributed by atoms with Gasteiger partial charge >= 0.3 is 0 Å². The van der Waals surface area contributed by atoms with E-state index in [1.807, 2.05) is 19.1 Å². The Morgan fingerprint density at radius 2 is 2.11 bits per heavy atom. The van der Waals surface area contributed by atoms with Gasteiger partial charge in [-0.1, -0.05) is 18.5 Å². The van der Waals surface area contributed by atoms with Gasteiger partial charge in [-0.15, -0.1) is 0 Å². The van der Waals surface area contributed by atoms with Crippen molar-refractivity contribution in [2.75, 3.05) is 26.7 Å². The van der Waals surface area contributed by atoms with Crippen molar-refractivity contribution in [1.82, 2.24) is 15.1 Å². The van der Waals surface area contributed by atoms with E-state index >= 15 is 0 Å². The molecule has 7 nitrogen and oxygen atoms in total.